The number of ketones is 1. The highest BCUT2D eigenvalue weighted by Crippen LogP contribution is 2.47. The van der Waals surface area contributed by atoms with Gasteiger partial charge in [0.15, 0.2) is 5.78 Å². The standard InChI is InChI=1S/C21H20O3/c1-3-18(16-10-5-4-6-11-16)21(20(23)24-2)14-13-15-9-7-8-12-17(15)19(21)22/h3-12,18H,1,13-14H2,2H3/t18?,21-/m1/s1. The topological polar surface area (TPSA) is 43.4 Å². The lowest BCUT2D eigenvalue weighted by molar-refractivity contribution is -0.151. The maximum Gasteiger partial charge on any atom is 0.320 e. The molecule has 1 unspecified atom stereocenters. The van der Waals surface area contributed by atoms with Crippen LogP contribution >= 0.6 is 0 Å². The van der Waals surface area contributed by atoms with Crippen LogP contribution in [0, 0.1) is 5.41 Å². The number of esters is 1. The summed E-state index contributed by atoms with van der Waals surface area (Å²) in [5, 5.41) is 0. The zero-order chi connectivity index (χ0) is 17.2. The molecule has 2 atom stereocenters. The Morgan fingerprint density at radius 2 is 1.83 bits per heavy atom. The largest absolute Gasteiger partial charge is 0.468 e. The molecule has 24 heavy (non-hydrogen) atoms. The summed E-state index contributed by atoms with van der Waals surface area (Å²) in [7, 11) is 1.34. The molecule has 3 nitrogen and oxygen atoms in total. The first-order valence-electron chi connectivity index (χ1n) is 8.03. The zero-order valence-corrected chi connectivity index (χ0v) is 13.7. The predicted octanol–water partition coefficient (Wildman–Crippen LogP) is 3.94. The summed E-state index contributed by atoms with van der Waals surface area (Å²) in [4.78, 5) is 26.2. The maximum atomic E-state index is 13.4. The van der Waals surface area contributed by atoms with E-state index in [-0.39, 0.29) is 5.78 Å². The Kier molecular flexibility index (Phi) is 4.34. The van der Waals surface area contributed by atoms with Gasteiger partial charge in [-0.15, -0.1) is 6.58 Å². The van der Waals surface area contributed by atoms with Crippen LogP contribution in [0.3, 0.4) is 0 Å². The molecule has 0 aromatic heterocycles. The van der Waals surface area contributed by atoms with Crippen LogP contribution in [0.15, 0.2) is 67.3 Å². The number of ether oxygens (including phenoxy) is 1. The van der Waals surface area contributed by atoms with Crippen molar-refractivity contribution >= 4 is 11.8 Å². The van der Waals surface area contributed by atoms with Crippen LogP contribution in [-0.2, 0) is 16.0 Å². The van der Waals surface area contributed by atoms with Crippen molar-refractivity contribution in [2.24, 2.45) is 5.41 Å². The SMILES string of the molecule is C=CC(c1ccccc1)[C@]1(C(=O)OC)CCc2ccccc2C1=O. The second-order valence-corrected chi connectivity index (χ2v) is 6.07. The van der Waals surface area contributed by atoms with Crippen molar-refractivity contribution in [2.45, 2.75) is 18.8 Å². The second-order valence-electron chi connectivity index (χ2n) is 6.07. The molecule has 0 fully saturated rings. The highest BCUT2D eigenvalue weighted by Gasteiger charge is 2.54. The molecule has 2 aromatic rings. The summed E-state index contributed by atoms with van der Waals surface area (Å²) in [6, 6.07) is 17.0. The third-order valence-corrected chi connectivity index (χ3v) is 4.93. The molecule has 3 heteroatoms. The van der Waals surface area contributed by atoms with E-state index in [0.717, 1.165) is 11.1 Å². The van der Waals surface area contributed by atoms with E-state index in [0.29, 0.717) is 18.4 Å². The fourth-order valence-electron chi connectivity index (χ4n) is 3.73. The van der Waals surface area contributed by atoms with Crippen molar-refractivity contribution < 1.29 is 14.3 Å². The van der Waals surface area contributed by atoms with Gasteiger partial charge in [0.1, 0.15) is 5.41 Å². The number of carbonyl (C=O) groups is 2. The van der Waals surface area contributed by atoms with Crippen LogP contribution in [0.5, 0.6) is 0 Å². The van der Waals surface area contributed by atoms with E-state index in [2.05, 4.69) is 6.58 Å². The van der Waals surface area contributed by atoms with E-state index in [1.807, 2.05) is 48.5 Å². The lowest BCUT2D eigenvalue weighted by Crippen LogP contribution is -2.47. The molecule has 1 aliphatic rings. The van der Waals surface area contributed by atoms with Crippen molar-refractivity contribution in [3.8, 4) is 0 Å². The van der Waals surface area contributed by atoms with Gasteiger partial charge in [0.25, 0.3) is 0 Å². The van der Waals surface area contributed by atoms with Gasteiger partial charge < -0.3 is 4.74 Å². The average molecular weight is 320 g/mol. The molecule has 122 valence electrons. The summed E-state index contributed by atoms with van der Waals surface area (Å²) in [6.45, 7) is 3.90. The van der Waals surface area contributed by atoms with Gasteiger partial charge in [0.2, 0.25) is 0 Å². The van der Waals surface area contributed by atoms with E-state index >= 15 is 0 Å². The fraction of sp³-hybridized carbons (Fsp3) is 0.238. The number of rotatable bonds is 4. The van der Waals surface area contributed by atoms with Crippen LogP contribution in [-0.4, -0.2) is 18.9 Å². The van der Waals surface area contributed by atoms with E-state index in [1.165, 1.54) is 7.11 Å². The molecule has 0 bridgehead atoms. The molecule has 2 aromatic carbocycles. The Balaban J connectivity index is 2.18. The number of hydrogen-bond acceptors (Lipinski definition) is 3. The summed E-state index contributed by atoms with van der Waals surface area (Å²) in [5.41, 5.74) is 1.23. The van der Waals surface area contributed by atoms with Gasteiger partial charge in [-0.2, -0.15) is 0 Å². The van der Waals surface area contributed by atoms with E-state index < -0.39 is 17.3 Å². The van der Waals surface area contributed by atoms with Gasteiger partial charge >= 0.3 is 5.97 Å². The monoisotopic (exact) mass is 320 g/mol. The highest BCUT2D eigenvalue weighted by molar-refractivity contribution is 6.15. The molecule has 0 amide bonds. The minimum absolute atomic E-state index is 0.176. The number of Topliss-reactive ketones (excluding diaryl/α,β-unsaturated/α-hetero) is 1. The number of fused-ring (bicyclic) bond motifs is 1. The first-order chi connectivity index (χ1) is 11.6. The lowest BCUT2D eigenvalue weighted by atomic mass is 9.61. The third kappa shape index (κ3) is 2.37. The first-order valence-corrected chi connectivity index (χ1v) is 8.03. The van der Waals surface area contributed by atoms with E-state index in [4.69, 9.17) is 4.74 Å². The molecule has 1 aliphatic carbocycles. The number of carbonyl (C=O) groups excluding carboxylic acids is 2. The van der Waals surface area contributed by atoms with Crippen LogP contribution in [0.1, 0.15) is 33.8 Å². The molecule has 0 heterocycles. The Morgan fingerprint density at radius 3 is 2.50 bits per heavy atom. The maximum absolute atomic E-state index is 13.4. The quantitative estimate of drug-likeness (QED) is 0.487. The van der Waals surface area contributed by atoms with Crippen molar-refractivity contribution in [1.82, 2.24) is 0 Å². The molecule has 0 spiro atoms. The molecule has 0 aliphatic heterocycles. The smallest absolute Gasteiger partial charge is 0.320 e. The first kappa shape index (κ1) is 16.2. The second kappa shape index (κ2) is 6.44. The fourth-order valence-corrected chi connectivity index (χ4v) is 3.73. The van der Waals surface area contributed by atoms with Crippen LogP contribution in [0.25, 0.3) is 0 Å². The summed E-state index contributed by atoms with van der Waals surface area (Å²) < 4.78 is 5.08. The van der Waals surface area contributed by atoms with E-state index in [9.17, 15) is 9.59 Å². The van der Waals surface area contributed by atoms with Crippen molar-refractivity contribution in [1.29, 1.82) is 0 Å². The molecular formula is C21H20O3. The van der Waals surface area contributed by atoms with Gasteiger partial charge in [0, 0.05) is 11.5 Å². The molecular weight excluding hydrogens is 300 g/mol. The van der Waals surface area contributed by atoms with Crippen LogP contribution < -0.4 is 0 Å². The van der Waals surface area contributed by atoms with Gasteiger partial charge in [-0.25, -0.2) is 0 Å². The average Bonchev–Trinajstić information content (AvgIpc) is 2.64. The highest BCUT2D eigenvalue weighted by atomic mass is 16.5. The zero-order valence-electron chi connectivity index (χ0n) is 13.7. The summed E-state index contributed by atoms with van der Waals surface area (Å²) in [5.74, 6) is -1.09. The van der Waals surface area contributed by atoms with Crippen molar-refractivity contribution in [3.05, 3.63) is 83.9 Å². The number of allylic oxidation sites excluding steroid dienone is 1. The van der Waals surface area contributed by atoms with Gasteiger partial charge in [-0.3, -0.25) is 9.59 Å². The molecule has 0 saturated heterocycles. The molecule has 0 radical (unpaired) electrons. The number of methoxy groups -OCH3 is 1. The normalized spacial score (nSPS) is 20.8. The predicted molar refractivity (Wildman–Crippen MR) is 92.9 cm³/mol. The molecule has 0 N–H and O–H groups in total. The van der Waals surface area contributed by atoms with Crippen LogP contribution in [0.2, 0.25) is 0 Å². The van der Waals surface area contributed by atoms with Gasteiger partial charge in [-0.1, -0.05) is 60.7 Å². The number of aryl methyl sites for hydroxylation is 1. The minimum Gasteiger partial charge on any atom is -0.468 e. The number of hydrogen-bond donors (Lipinski definition) is 0. The molecule has 0 saturated carbocycles. The lowest BCUT2D eigenvalue weighted by Gasteiger charge is -2.39. The minimum atomic E-state index is -1.26. The Hall–Kier alpha value is -2.68. The van der Waals surface area contributed by atoms with Gasteiger partial charge in [0.05, 0.1) is 7.11 Å². The Labute approximate surface area is 142 Å². The third-order valence-electron chi connectivity index (χ3n) is 4.93. The van der Waals surface area contributed by atoms with E-state index in [1.54, 1.807) is 12.1 Å². The van der Waals surface area contributed by atoms with Crippen molar-refractivity contribution in [2.75, 3.05) is 7.11 Å². The van der Waals surface area contributed by atoms with Gasteiger partial charge in [-0.05, 0) is 24.0 Å². The van der Waals surface area contributed by atoms with Crippen molar-refractivity contribution in [3.63, 3.8) is 0 Å². The Morgan fingerprint density at radius 1 is 1.17 bits per heavy atom. The molecule has 3 rings (SSSR count). The number of benzene rings is 2. The summed E-state index contributed by atoms with van der Waals surface area (Å²) >= 11 is 0. The van der Waals surface area contributed by atoms with Crippen LogP contribution in [0.4, 0.5) is 0 Å². The summed E-state index contributed by atoms with van der Waals surface area (Å²) in [6.07, 6.45) is 2.77. The Bertz CT molecular complexity index is 779.